The number of carbonyl (C=O) groups is 2. The van der Waals surface area contributed by atoms with Gasteiger partial charge in [0.25, 0.3) is 0 Å². The molecule has 0 aliphatic heterocycles. The molecular weight excluding hydrogens is 415 g/mol. The summed E-state index contributed by atoms with van der Waals surface area (Å²) in [5.41, 5.74) is 11.3. The van der Waals surface area contributed by atoms with E-state index in [1.54, 1.807) is 0 Å². The topological polar surface area (TPSA) is 190 Å². The first-order valence-electron chi connectivity index (χ1n) is 4.42. The van der Waals surface area contributed by atoms with Crippen molar-refractivity contribution in [1.82, 2.24) is 0 Å². The van der Waals surface area contributed by atoms with Gasteiger partial charge in [-0.1, -0.05) is 12.8 Å². The third-order valence-corrected chi connectivity index (χ3v) is 2.06. The second-order valence-electron chi connectivity index (χ2n) is 3.22. The van der Waals surface area contributed by atoms with Crippen molar-refractivity contribution in [2.75, 3.05) is 0 Å². The Balaban J connectivity index is -0.0000000873. The third kappa shape index (κ3) is 13.4. The molecule has 0 unspecified atom stereocenters. The number of carboxylic acids is 2. The van der Waals surface area contributed by atoms with E-state index in [1.807, 2.05) is 0 Å². The summed E-state index contributed by atoms with van der Waals surface area (Å²) < 4.78 is 0. The normalized spacial score (nSPS) is 21.3. The Bertz CT molecular complexity index is 194. The number of hydrogen-bond donors (Lipinski definition) is 4. The van der Waals surface area contributed by atoms with Crippen molar-refractivity contribution in [3.8, 4) is 0 Å². The summed E-state index contributed by atoms with van der Waals surface area (Å²) >= 11 is 0. The van der Waals surface area contributed by atoms with E-state index >= 15 is 0 Å². The largest absolute Gasteiger partial charge is 0.473 e. The van der Waals surface area contributed by atoms with E-state index < -0.39 is 11.9 Å². The molecule has 0 heterocycles. The zero-order valence-corrected chi connectivity index (χ0v) is 11.4. The fourth-order valence-electron chi connectivity index (χ4n) is 1.19. The monoisotopic (exact) mass is 435 g/mol. The van der Waals surface area contributed by atoms with Crippen LogP contribution in [0.5, 0.6) is 0 Å². The van der Waals surface area contributed by atoms with Crippen molar-refractivity contribution in [1.29, 1.82) is 0 Å². The second-order valence-corrected chi connectivity index (χ2v) is 3.22. The molecule has 0 radical (unpaired) electrons. The van der Waals surface area contributed by atoms with Gasteiger partial charge in [-0.25, -0.2) is 9.59 Å². The summed E-state index contributed by atoms with van der Waals surface area (Å²) in [4.78, 5) is 18.2. The van der Waals surface area contributed by atoms with Crippen LogP contribution in [0.15, 0.2) is 0 Å². The van der Waals surface area contributed by atoms with Gasteiger partial charge in [0.2, 0.25) is 0 Å². The van der Waals surface area contributed by atoms with Crippen LogP contribution >= 0.6 is 0 Å². The molecule has 9 heteroatoms. The summed E-state index contributed by atoms with van der Waals surface area (Å²) in [7, 11) is 0. The van der Waals surface area contributed by atoms with Gasteiger partial charge in [0.05, 0.1) is 0 Å². The van der Waals surface area contributed by atoms with Crippen molar-refractivity contribution in [3.63, 3.8) is 0 Å². The molecule has 0 aromatic carbocycles. The Morgan fingerprint density at radius 2 is 1.12 bits per heavy atom. The number of carboxylic acid groups (broad SMARTS) is 2. The van der Waals surface area contributed by atoms with E-state index in [0.717, 1.165) is 12.8 Å². The van der Waals surface area contributed by atoms with Crippen LogP contribution < -0.4 is 11.5 Å². The SMILES string of the molecule is N[C@@H]1CCCC[C@H]1N.O.O.O=C(O)C(=O)O.[Pt]. The van der Waals surface area contributed by atoms with Gasteiger partial charge >= 0.3 is 11.9 Å². The summed E-state index contributed by atoms with van der Waals surface area (Å²) in [6.07, 6.45) is 4.80. The number of aliphatic carboxylic acids is 2. The van der Waals surface area contributed by atoms with Gasteiger partial charge in [-0.2, -0.15) is 0 Å². The van der Waals surface area contributed by atoms with Gasteiger partial charge in [-0.3, -0.25) is 0 Å². The van der Waals surface area contributed by atoms with Crippen LogP contribution in [-0.2, 0) is 30.7 Å². The van der Waals surface area contributed by atoms with Crippen molar-refractivity contribution in [2.24, 2.45) is 11.5 Å². The Morgan fingerprint density at radius 3 is 1.24 bits per heavy atom. The van der Waals surface area contributed by atoms with Crippen LogP contribution in [0, 0.1) is 0 Å². The molecule has 1 fully saturated rings. The minimum Gasteiger partial charge on any atom is -0.473 e. The molecular formula is C8H20N2O6Pt. The van der Waals surface area contributed by atoms with E-state index in [1.165, 1.54) is 12.8 Å². The molecule has 8 nitrogen and oxygen atoms in total. The van der Waals surface area contributed by atoms with Gasteiger partial charge in [0.1, 0.15) is 0 Å². The maximum atomic E-state index is 9.10. The van der Waals surface area contributed by atoms with Crippen LogP contribution in [0.1, 0.15) is 25.7 Å². The first kappa shape index (κ1) is 25.3. The maximum Gasteiger partial charge on any atom is 0.414 e. The molecule has 1 rings (SSSR count). The molecule has 0 amide bonds. The molecule has 2 atom stereocenters. The van der Waals surface area contributed by atoms with E-state index in [2.05, 4.69) is 0 Å². The van der Waals surface area contributed by atoms with Gasteiger partial charge in [-0.15, -0.1) is 0 Å². The summed E-state index contributed by atoms with van der Waals surface area (Å²) in [6, 6.07) is 0.562. The fraction of sp³-hybridized carbons (Fsp3) is 0.750. The first-order chi connectivity index (χ1) is 6.45. The van der Waals surface area contributed by atoms with Crippen LogP contribution in [0.4, 0.5) is 0 Å². The number of hydrogen-bond acceptors (Lipinski definition) is 4. The third-order valence-electron chi connectivity index (χ3n) is 2.06. The zero-order chi connectivity index (χ0) is 11.1. The quantitative estimate of drug-likeness (QED) is 0.310. The molecule has 0 bridgehead atoms. The molecule has 0 spiro atoms. The Morgan fingerprint density at radius 1 is 0.882 bits per heavy atom. The van der Waals surface area contributed by atoms with Crippen LogP contribution in [0.25, 0.3) is 0 Å². The van der Waals surface area contributed by atoms with E-state index in [9.17, 15) is 0 Å². The minimum atomic E-state index is -1.82. The van der Waals surface area contributed by atoms with Crippen molar-refractivity contribution >= 4 is 11.9 Å². The molecule has 10 N–H and O–H groups in total. The molecule has 0 saturated heterocycles. The summed E-state index contributed by atoms with van der Waals surface area (Å²) in [5.74, 6) is -3.65. The predicted molar refractivity (Wildman–Crippen MR) is 56.9 cm³/mol. The smallest absolute Gasteiger partial charge is 0.414 e. The van der Waals surface area contributed by atoms with E-state index in [-0.39, 0.29) is 44.1 Å². The van der Waals surface area contributed by atoms with Crippen LogP contribution in [-0.4, -0.2) is 45.2 Å². The number of rotatable bonds is 0. The standard InChI is InChI=1S/C6H14N2.C2H2O4.2H2O.Pt/c7-5-3-1-2-4-6(5)8;3-1(4)2(5)6;;;/h5-6H,1-4,7-8H2;(H,3,4)(H,5,6);2*1H2;/t5-,6-;;;;/m1..../s1. The van der Waals surface area contributed by atoms with Crippen LogP contribution in [0.3, 0.4) is 0 Å². The van der Waals surface area contributed by atoms with Gasteiger partial charge in [-0.05, 0) is 12.8 Å². The molecule has 108 valence electrons. The second kappa shape index (κ2) is 13.5. The average molecular weight is 435 g/mol. The summed E-state index contributed by atoms with van der Waals surface area (Å²) in [6.45, 7) is 0. The molecule has 0 aromatic heterocycles. The molecule has 1 aliphatic rings. The van der Waals surface area contributed by atoms with Crippen LogP contribution in [0.2, 0.25) is 0 Å². The predicted octanol–water partition coefficient (Wildman–Crippen LogP) is -2.28. The van der Waals surface area contributed by atoms with Gasteiger partial charge in [0, 0.05) is 33.1 Å². The maximum absolute atomic E-state index is 9.10. The Labute approximate surface area is 113 Å². The minimum absolute atomic E-state index is 0. The van der Waals surface area contributed by atoms with Gasteiger partial charge < -0.3 is 32.6 Å². The van der Waals surface area contributed by atoms with Gasteiger partial charge in [0.15, 0.2) is 0 Å². The number of nitrogens with two attached hydrogens (primary N) is 2. The zero-order valence-electron chi connectivity index (χ0n) is 9.16. The Kier molecular flexibility index (Phi) is 20.2. The van der Waals surface area contributed by atoms with Crippen molar-refractivity contribution in [3.05, 3.63) is 0 Å². The van der Waals surface area contributed by atoms with Crippen molar-refractivity contribution < 1.29 is 51.8 Å². The van der Waals surface area contributed by atoms with E-state index in [4.69, 9.17) is 31.3 Å². The van der Waals surface area contributed by atoms with E-state index in [0.29, 0.717) is 0 Å². The fourth-order valence-corrected chi connectivity index (χ4v) is 1.19. The molecule has 17 heavy (non-hydrogen) atoms. The molecule has 1 saturated carbocycles. The first-order valence-corrected chi connectivity index (χ1v) is 4.42. The summed E-state index contributed by atoms with van der Waals surface area (Å²) in [5, 5.41) is 14.8. The molecule has 0 aromatic rings. The Hall–Kier alpha value is -0.532. The molecule has 1 aliphatic carbocycles. The van der Waals surface area contributed by atoms with Crippen molar-refractivity contribution in [2.45, 2.75) is 37.8 Å². The average Bonchev–Trinajstić information content (AvgIpc) is 2.11.